The second-order valence-corrected chi connectivity index (χ2v) is 5.89. The van der Waals surface area contributed by atoms with Gasteiger partial charge in [-0.3, -0.25) is 4.79 Å². The van der Waals surface area contributed by atoms with E-state index in [9.17, 15) is 4.79 Å². The molecule has 0 bridgehead atoms. The van der Waals surface area contributed by atoms with E-state index in [-0.39, 0.29) is 11.7 Å². The molecular weight excluding hydrogens is 244 g/mol. The normalized spacial score (nSPS) is 18.2. The Kier molecular flexibility index (Phi) is 4.59. The molecule has 0 amide bonds. The number of carbonyl (C=O) groups excluding carboxylic acids is 1. The number of hydrogen-bond donors (Lipinski definition) is 0. The lowest BCUT2D eigenvalue weighted by molar-refractivity contribution is -0.119. The van der Waals surface area contributed by atoms with Crippen LogP contribution in [0.15, 0.2) is 36.4 Å². The summed E-state index contributed by atoms with van der Waals surface area (Å²) in [5.41, 5.74) is 5.38. The molecule has 2 rings (SSSR count). The number of ketones is 1. The summed E-state index contributed by atoms with van der Waals surface area (Å²) in [6, 6.07) is 6.76. The summed E-state index contributed by atoms with van der Waals surface area (Å²) < 4.78 is 0. The summed E-state index contributed by atoms with van der Waals surface area (Å²) in [5, 5.41) is 0. The minimum atomic E-state index is 0.0678. The van der Waals surface area contributed by atoms with Crippen molar-refractivity contribution < 1.29 is 4.79 Å². The van der Waals surface area contributed by atoms with Gasteiger partial charge in [-0.15, -0.1) is 0 Å². The van der Waals surface area contributed by atoms with Crippen molar-refractivity contribution in [2.75, 3.05) is 0 Å². The second-order valence-electron chi connectivity index (χ2n) is 5.89. The van der Waals surface area contributed by atoms with E-state index >= 15 is 0 Å². The molecular formula is C19H24O. The van der Waals surface area contributed by atoms with Gasteiger partial charge < -0.3 is 0 Å². The molecule has 0 aromatic heterocycles. The fourth-order valence-corrected chi connectivity index (χ4v) is 2.77. The number of benzene rings is 1. The van der Waals surface area contributed by atoms with Crippen LogP contribution in [0.5, 0.6) is 0 Å². The number of Topliss-reactive ketones (excluding diaryl/α,β-unsaturated/α-hetero) is 1. The van der Waals surface area contributed by atoms with Crippen molar-refractivity contribution in [1.29, 1.82) is 0 Å². The maximum absolute atomic E-state index is 11.4. The first kappa shape index (κ1) is 14.8. The van der Waals surface area contributed by atoms with Crippen LogP contribution < -0.4 is 0 Å². The van der Waals surface area contributed by atoms with Gasteiger partial charge in [0.05, 0.1) is 0 Å². The Morgan fingerprint density at radius 2 is 2.10 bits per heavy atom. The zero-order chi connectivity index (χ0) is 14.7. The van der Waals surface area contributed by atoms with Gasteiger partial charge in [0, 0.05) is 5.92 Å². The van der Waals surface area contributed by atoms with Crippen molar-refractivity contribution in [3.63, 3.8) is 0 Å². The van der Waals surface area contributed by atoms with E-state index in [0.717, 1.165) is 12.8 Å². The van der Waals surface area contributed by atoms with E-state index in [1.54, 1.807) is 6.92 Å². The van der Waals surface area contributed by atoms with Crippen LogP contribution in [0.4, 0.5) is 0 Å². The zero-order valence-corrected chi connectivity index (χ0v) is 12.9. The van der Waals surface area contributed by atoms with Crippen molar-refractivity contribution in [3.8, 4) is 0 Å². The monoisotopic (exact) mass is 268 g/mol. The molecule has 0 saturated carbocycles. The summed E-state index contributed by atoms with van der Waals surface area (Å²) in [7, 11) is 0. The van der Waals surface area contributed by atoms with Crippen LogP contribution in [0, 0.1) is 5.92 Å². The first-order chi connectivity index (χ1) is 9.52. The van der Waals surface area contributed by atoms with Gasteiger partial charge in [0.15, 0.2) is 0 Å². The van der Waals surface area contributed by atoms with Crippen LogP contribution >= 0.6 is 0 Å². The predicted octanol–water partition coefficient (Wildman–Crippen LogP) is 4.92. The highest BCUT2D eigenvalue weighted by atomic mass is 16.1. The van der Waals surface area contributed by atoms with Crippen LogP contribution in [0.3, 0.4) is 0 Å². The standard InChI is InChI=1S/C19H24O/c1-5-15-6-11-18(12-19(15)13(2)3)17-9-7-16(8-10-17)14(4)20/h6-7,9-13,16H,5,8H2,1-4H3. The van der Waals surface area contributed by atoms with Crippen LogP contribution in [0.2, 0.25) is 0 Å². The number of aryl methyl sites for hydroxylation is 1. The average Bonchev–Trinajstić information content (AvgIpc) is 2.46. The quantitative estimate of drug-likeness (QED) is 0.757. The smallest absolute Gasteiger partial charge is 0.136 e. The van der Waals surface area contributed by atoms with Gasteiger partial charge in [-0.25, -0.2) is 0 Å². The molecule has 0 radical (unpaired) electrons. The van der Waals surface area contributed by atoms with Crippen molar-refractivity contribution in [3.05, 3.63) is 53.1 Å². The average molecular weight is 268 g/mol. The lowest BCUT2D eigenvalue weighted by atomic mass is 9.87. The molecule has 1 aromatic carbocycles. The van der Waals surface area contributed by atoms with Gasteiger partial charge in [0.25, 0.3) is 0 Å². The Labute approximate surface area is 122 Å². The molecule has 1 heteroatoms. The Bertz CT molecular complexity index is 561. The molecule has 0 fully saturated rings. The maximum atomic E-state index is 11.4. The highest BCUT2D eigenvalue weighted by Gasteiger charge is 2.14. The minimum Gasteiger partial charge on any atom is -0.299 e. The first-order valence-electron chi connectivity index (χ1n) is 7.55. The van der Waals surface area contributed by atoms with E-state index in [2.05, 4.69) is 51.1 Å². The molecule has 1 aliphatic rings. The summed E-state index contributed by atoms with van der Waals surface area (Å²) >= 11 is 0. The number of carbonyl (C=O) groups is 1. The van der Waals surface area contributed by atoms with Gasteiger partial charge in [-0.05, 0) is 47.9 Å². The fraction of sp³-hybridized carbons (Fsp3) is 0.421. The lowest BCUT2D eigenvalue weighted by Crippen LogP contribution is -2.09. The summed E-state index contributed by atoms with van der Waals surface area (Å²) in [4.78, 5) is 11.4. The van der Waals surface area contributed by atoms with Crippen molar-refractivity contribution >= 4 is 11.4 Å². The molecule has 0 heterocycles. The Morgan fingerprint density at radius 1 is 1.35 bits per heavy atom. The molecule has 20 heavy (non-hydrogen) atoms. The fourth-order valence-electron chi connectivity index (χ4n) is 2.77. The SMILES string of the molecule is CCc1ccc(C2=CCC(C(C)=O)C=C2)cc1C(C)C. The van der Waals surface area contributed by atoms with Gasteiger partial charge in [-0.2, -0.15) is 0 Å². The molecule has 0 aliphatic heterocycles. The molecule has 0 saturated heterocycles. The number of hydrogen-bond acceptors (Lipinski definition) is 1. The summed E-state index contributed by atoms with van der Waals surface area (Å²) in [5.74, 6) is 0.863. The highest BCUT2D eigenvalue weighted by Crippen LogP contribution is 2.29. The van der Waals surface area contributed by atoms with E-state index in [0.29, 0.717) is 5.92 Å². The molecule has 1 nitrogen and oxygen atoms in total. The van der Waals surface area contributed by atoms with Gasteiger partial charge in [0.2, 0.25) is 0 Å². The largest absolute Gasteiger partial charge is 0.299 e. The van der Waals surface area contributed by atoms with Gasteiger partial charge >= 0.3 is 0 Å². The van der Waals surface area contributed by atoms with Crippen molar-refractivity contribution in [1.82, 2.24) is 0 Å². The predicted molar refractivity (Wildman–Crippen MR) is 85.8 cm³/mol. The summed E-state index contributed by atoms with van der Waals surface area (Å²) in [6.45, 7) is 8.36. The number of rotatable bonds is 4. The molecule has 0 spiro atoms. The van der Waals surface area contributed by atoms with E-state index in [1.165, 1.54) is 22.3 Å². The van der Waals surface area contributed by atoms with Crippen LogP contribution in [-0.4, -0.2) is 5.78 Å². The van der Waals surface area contributed by atoms with E-state index in [4.69, 9.17) is 0 Å². The lowest BCUT2D eigenvalue weighted by Gasteiger charge is -2.17. The van der Waals surface area contributed by atoms with Crippen LogP contribution in [0.25, 0.3) is 5.57 Å². The first-order valence-corrected chi connectivity index (χ1v) is 7.55. The molecule has 0 N–H and O–H groups in total. The molecule has 106 valence electrons. The Balaban J connectivity index is 2.29. The second kappa shape index (κ2) is 6.21. The minimum absolute atomic E-state index is 0.0678. The Hall–Kier alpha value is -1.63. The zero-order valence-electron chi connectivity index (χ0n) is 12.9. The highest BCUT2D eigenvalue weighted by molar-refractivity contribution is 5.84. The third kappa shape index (κ3) is 3.09. The molecule has 1 aliphatic carbocycles. The van der Waals surface area contributed by atoms with Crippen LogP contribution in [-0.2, 0) is 11.2 Å². The molecule has 1 atom stereocenters. The summed E-state index contributed by atoms with van der Waals surface area (Å²) in [6.07, 6.45) is 8.24. The van der Waals surface area contributed by atoms with Gasteiger partial charge in [-0.1, -0.05) is 57.2 Å². The van der Waals surface area contributed by atoms with Crippen LogP contribution in [0.1, 0.15) is 56.7 Å². The van der Waals surface area contributed by atoms with Crippen molar-refractivity contribution in [2.24, 2.45) is 5.92 Å². The third-order valence-electron chi connectivity index (χ3n) is 4.10. The van der Waals surface area contributed by atoms with Gasteiger partial charge in [0.1, 0.15) is 5.78 Å². The topological polar surface area (TPSA) is 17.1 Å². The molecule has 1 aromatic rings. The van der Waals surface area contributed by atoms with E-state index in [1.807, 2.05) is 6.08 Å². The number of allylic oxidation sites excluding steroid dienone is 4. The molecule has 1 unspecified atom stereocenters. The maximum Gasteiger partial charge on any atom is 0.136 e. The Morgan fingerprint density at radius 3 is 2.60 bits per heavy atom. The van der Waals surface area contributed by atoms with E-state index < -0.39 is 0 Å². The van der Waals surface area contributed by atoms with Crippen molar-refractivity contribution in [2.45, 2.75) is 46.5 Å². The third-order valence-corrected chi connectivity index (χ3v) is 4.10.